The van der Waals surface area contributed by atoms with Crippen molar-refractivity contribution < 1.29 is 47.8 Å². The highest BCUT2D eigenvalue weighted by Gasteiger charge is 2.34. The van der Waals surface area contributed by atoms with Crippen LogP contribution in [0.15, 0.2) is 121 Å². The van der Waals surface area contributed by atoms with Crippen LogP contribution >= 0.6 is 0 Å². The van der Waals surface area contributed by atoms with Gasteiger partial charge in [-0.1, -0.05) is 149 Å². The minimum absolute atomic E-state index is 0.00526. The second-order valence-electron chi connectivity index (χ2n) is 21.9. The molecule has 2 aliphatic rings. The molecule has 20 nitrogen and oxygen atoms in total. The zero-order valence-corrected chi connectivity index (χ0v) is 47.9. The fourth-order valence-corrected chi connectivity index (χ4v) is 9.76. The molecule has 82 heavy (non-hydrogen) atoms. The van der Waals surface area contributed by atoms with Crippen LogP contribution in [-0.2, 0) is 73.5 Å². The molecule has 20 heteroatoms. The summed E-state index contributed by atoms with van der Waals surface area (Å²) >= 11 is 0. The van der Waals surface area contributed by atoms with Crippen LogP contribution in [0.1, 0.15) is 75.6 Å². The SMILES string of the molecule is CC(C)C[C@H](NC(=O)[C@H](CCc1ccccc1)NC(=O)CN1CCOCC1)C(=O)N[C@@H](Cc1ccccc1)C(=O)NNC(=O)[C@H](Cc1ccccc1)NC(=O)[C@H](CC(C)C)NC(=O)[C@H](CCc1ccccc1)NC(=O)CN1CCOCC1. The second-order valence-corrected chi connectivity index (χ2v) is 21.9. The zero-order valence-electron chi connectivity index (χ0n) is 47.9. The van der Waals surface area contributed by atoms with Crippen molar-refractivity contribution in [1.82, 2.24) is 52.6 Å². The summed E-state index contributed by atoms with van der Waals surface area (Å²) in [5.74, 6) is -4.86. The van der Waals surface area contributed by atoms with E-state index in [1.165, 1.54) is 0 Å². The third kappa shape index (κ3) is 22.8. The molecule has 0 aromatic heterocycles. The second kappa shape index (κ2) is 34.0. The van der Waals surface area contributed by atoms with Crippen LogP contribution in [0.4, 0.5) is 0 Å². The van der Waals surface area contributed by atoms with E-state index in [1.54, 1.807) is 48.5 Å². The van der Waals surface area contributed by atoms with Gasteiger partial charge in [0.1, 0.15) is 36.3 Å². The van der Waals surface area contributed by atoms with Crippen molar-refractivity contribution in [2.75, 3.05) is 65.7 Å². The summed E-state index contributed by atoms with van der Waals surface area (Å²) in [5.41, 5.74) is 8.29. The van der Waals surface area contributed by atoms with Gasteiger partial charge < -0.3 is 41.4 Å². The Morgan fingerprint density at radius 3 is 0.988 bits per heavy atom. The van der Waals surface area contributed by atoms with Crippen molar-refractivity contribution in [3.63, 3.8) is 0 Å². The Balaban J connectivity index is 1.16. The van der Waals surface area contributed by atoms with Crippen LogP contribution in [0.25, 0.3) is 0 Å². The molecule has 0 saturated carbocycles. The first kappa shape index (κ1) is 63.7. The lowest BCUT2D eigenvalue weighted by Gasteiger charge is -2.28. The monoisotopic (exact) mass is 1130 g/mol. The molecule has 8 amide bonds. The van der Waals surface area contributed by atoms with E-state index >= 15 is 0 Å². The van der Waals surface area contributed by atoms with Gasteiger partial charge in [0.05, 0.1) is 39.5 Å². The molecule has 442 valence electrons. The molecule has 0 bridgehead atoms. The number of ether oxygens (including phenoxy) is 2. The van der Waals surface area contributed by atoms with Crippen molar-refractivity contribution in [2.45, 2.75) is 115 Å². The number of carbonyl (C=O) groups excluding carboxylic acids is 8. The van der Waals surface area contributed by atoms with Crippen LogP contribution in [0.3, 0.4) is 0 Å². The van der Waals surface area contributed by atoms with Crippen molar-refractivity contribution >= 4 is 47.3 Å². The molecule has 2 saturated heterocycles. The third-order valence-corrected chi connectivity index (χ3v) is 14.2. The van der Waals surface area contributed by atoms with Gasteiger partial charge in [-0.2, -0.15) is 0 Å². The topological polar surface area (TPSA) is 258 Å². The van der Waals surface area contributed by atoms with Crippen molar-refractivity contribution in [2.24, 2.45) is 11.8 Å². The average molecular weight is 1130 g/mol. The quantitative estimate of drug-likeness (QED) is 0.0351. The average Bonchev–Trinajstić information content (AvgIpc) is 3.47. The number of benzene rings is 4. The smallest absolute Gasteiger partial charge is 0.261 e. The fourth-order valence-electron chi connectivity index (χ4n) is 9.76. The number of nitrogens with one attached hydrogen (secondary N) is 8. The van der Waals surface area contributed by atoms with Gasteiger partial charge in [-0.25, -0.2) is 0 Å². The number of amides is 8. The summed E-state index contributed by atoms with van der Waals surface area (Å²) in [6, 6.07) is 30.3. The van der Waals surface area contributed by atoms with Gasteiger partial charge in [-0.05, 0) is 72.6 Å². The standard InChI is InChI=1S/C62H84N10O10/c1-43(2)37-51(65-57(75)49(27-25-45-17-9-5-10-18-45)63-55(73)41-71-29-33-81-34-30-71)59(77)67-53(39-47-21-13-7-14-22-47)61(79)69-70-62(80)54(40-48-23-15-8-16-24-48)68-60(78)52(38-44(3)4)66-58(76)50(28-26-46-19-11-6-12-20-46)64-56(74)42-72-31-35-82-36-32-72/h5-24,43-44,49-54H,25-42H2,1-4H3,(H,63,73)(H,64,74)(H,65,75)(H,66,76)(H,67,77)(H,68,78)(H,69,79)(H,70,80)/t49-,50-,51-,52-,53-,54-/m0/s1. The van der Waals surface area contributed by atoms with E-state index in [9.17, 15) is 38.4 Å². The molecular formula is C62H84N10O10. The minimum atomic E-state index is -1.28. The highest BCUT2D eigenvalue weighted by molar-refractivity contribution is 5.97. The fraction of sp³-hybridized carbons (Fsp3) is 0.484. The molecule has 0 unspecified atom stereocenters. The van der Waals surface area contributed by atoms with E-state index in [4.69, 9.17) is 9.47 Å². The highest BCUT2D eigenvalue weighted by Crippen LogP contribution is 2.14. The number of hydrazine groups is 1. The Morgan fingerprint density at radius 2 is 0.671 bits per heavy atom. The van der Waals surface area contributed by atoms with Gasteiger partial charge in [0.2, 0.25) is 35.4 Å². The lowest BCUT2D eigenvalue weighted by Crippen LogP contribution is -2.61. The van der Waals surface area contributed by atoms with E-state index < -0.39 is 71.7 Å². The number of hydrogen-bond acceptors (Lipinski definition) is 12. The van der Waals surface area contributed by atoms with Crippen LogP contribution < -0.4 is 42.8 Å². The highest BCUT2D eigenvalue weighted by atomic mass is 16.5. The maximum absolute atomic E-state index is 14.5. The van der Waals surface area contributed by atoms with Crippen molar-refractivity contribution in [1.29, 1.82) is 0 Å². The zero-order chi connectivity index (χ0) is 58.6. The predicted octanol–water partition coefficient (Wildman–Crippen LogP) is 2.55. The van der Waals surface area contributed by atoms with Crippen molar-refractivity contribution in [3.8, 4) is 0 Å². The molecular weight excluding hydrogens is 1040 g/mol. The summed E-state index contributed by atoms with van der Waals surface area (Å²) in [6.45, 7) is 12.1. The number of rotatable bonds is 30. The number of carbonyl (C=O) groups is 8. The van der Waals surface area contributed by atoms with Crippen LogP contribution in [0.2, 0.25) is 0 Å². The van der Waals surface area contributed by atoms with E-state index in [0.29, 0.717) is 76.6 Å². The van der Waals surface area contributed by atoms with Crippen LogP contribution in [0.5, 0.6) is 0 Å². The Hall–Kier alpha value is -7.52. The van der Waals surface area contributed by atoms with E-state index in [0.717, 1.165) is 11.1 Å². The van der Waals surface area contributed by atoms with Gasteiger partial charge >= 0.3 is 0 Å². The number of nitrogens with zero attached hydrogens (tertiary/aromatic N) is 2. The molecule has 2 aliphatic heterocycles. The predicted molar refractivity (Wildman–Crippen MR) is 311 cm³/mol. The van der Waals surface area contributed by atoms with Crippen LogP contribution in [0, 0.1) is 11.8 Å². The molecule has 4 aromatic rings. The molecule has 8 N–H and O–H groups in total. The largest absolute Gasteiger partial charge is 0.379 e. The van der Waals surface area contributed by atoms with E-state index in [-0.39, 0.29) is 75.3 Å². The first-order valence-corrected chi connectivity index (χ1v) is 28.7. The minimum Gasteiger partial charge on any atom is -0.379 e. The van der Waals surface area contributed by atoms with E-state index in [2.05, 4.69) is 42.8 Å². The lowest BCUT2D eigenvalue weighted by atomic mass is 9.99. The molecule has 0 aliphatic carbocycles. The van der Waals surface area contributed by atoms with Gasteiger partial charge in [-0.3, -0.25) is 59.0 Å². The maximum atomic E-state index is 14.5. The third-order valence-electron chi connectivity index (χ3n) is 14.2. The maximum Gasteiger partial charge on any atom is 0.261 e. The summed E-state index contributed by atoms with van der Waals surface area (Å²) in [5, 5.41) is 17.3. The molecule has 0 spiro atoms. The summed E-state index contributed by atoms with van der Waals surface area (Å²) in [6.07, 6.45) is 1.83. The summed E-state index contributed by atoms with van der Waals surface area (Å²) < 4.78 is 10.9. The molecule has 4 aromatic carbocycles. The van der Waals surface area contributed by atoms with Crippen LogP contribution in [-0.4, -0.2) is 159 Å². The lowest BCUT2D eigenvalue weighted by molar-refractivity contribution is -0.136. The Labute approximate surface area is 482 Å². The molecule has 0 radical (unpaired) electrons. The molecule has 6 atom stereocenters. The first-order chi connectivity index (χ1) is 39.6. The normalized spacial score (nSPS) is 16.0. The van der Waals surface area contributed by atoms with Gasteiger partial charge in [0, 0.05) is 39.0 Å². The van der Waals surface area contributed by atoms with Gasteiger partial charge in [0.15, 0.2) is 0 Å². The number of aryl methyl sites for hydroxylation is 2. The number of morpholine rings is 2. The Kier molecular flexibility index (Phi) is 26.4. The summed E-state index contributed by atoms with van der Waals surface area (Å²) in [4.78, 5) is 117. The molecule has 6 rings (SSSR count). The molecule has 2 heterocycles. The Morgan fingerprint density at radius 1 is 0.378 bits per heavy atom. The van der Waals surface area contributed by atoms with Gasteiger partial charge in [0.25, 0.3) is 11.8 Å². The Bertz CT molecular complexity index is 2460. The van der Waals surface area contributed by atoms with Gasteiger partial charge in [-0.15, -0.1) is 0 Å². The summed E-state index contributed by atoms with van der Waals surface area (Å²) in [7, 11) is 0. The first-order valence-electron chi connectivity index (χ1n) is 28.7. The van der Waals surface area contributed by atoms with E-state index in [1.807, 2.05) is 110 Å². The number of hydrogen-bond donors (Lipinski definition) is 8. The molecule has 2 fully saturated rings. The van der Waals surface area contributed by atoms with Crippen molar-refractivity contribution in [3.05, 3.63) is 144 Å².